The van der Waals surface area contributed by atoms with E-state index < -0.39 is 0 Å². The van der Waals surface area contributed by atoms with E-state index in [-0.39, 0.29) is 0 Å². The van der Waals surface area contributed by atoms with E-state index in [2.05, 4.69) is 37.0 Å². The summed E-state index contributed by atoms with van der Waals surface area (Å²) in [4.78, 5) is 0. The lowest BCUT2D eigenvalue weighted by molar-refractivity contribution is 0.667. The molecule has 0 spiro atoms. The summed E-state index contributed by atoms with van der Waals surface area (Å²) in [6.45, 7) is 0.599. The smallest absolute Gasteiger partial charge is 0.129 e. The summed E-state index contributed by atoms with van der Waals surface area (Å²) in [5.41, 5.74) is 0.974. The first-order valence-corrected chi connectivity index (χ1v) is 6.73. The number of benzene rings is 1. The lowest BCUT2D eigenvalue weighted by Gasteiger charge is -2.06. The van der Waals surface area contributed by atoms with Crippen LogP contribution in [0, 0.1) is 0 Å². The lowest BCUT2D eigenvalue weighted by atomic mass is 10.2. The summed E-state index contributed by atoms with van der Waals surface area (Å²) in [6.07, 6.45) is 0. The molecule has 6 heteroatoms. The zero-order valence-electron chi connectivity index (χ0n) is 7.92. The van der Waals surface area contributed by atoms with Gasteiger partial charge in [0.1, 0.15) is 9.21 Å². The van der Waals surface area contributed by atoms with Gasteiger partial charge in [0.15, 0.2) is 0 Å². The Bertz CT molecular complexity index is 526. The van der Waals surface area contributed by atoms with Crippen molar-refractivity contribution in [1.82, 2.24) is 9.78 Å². The van der Waals surface area contributed by atoms with E-state index in [0.717, 1.165) is 14.8 Å². The van der Waals surface area contributed by atoms with Crippen molar-refractivity contribution in [2.24, 2.45) is 0 Å². The van der Waals surface area contributed by atoms with Gasteiger partial charge < -0.3 is 0 Å². The van der Waals surface area contributed by atoms with E-state index in [0.29, 0.717) is 16.6 Å². The van der Waals surface area contributed by atoms with Gasteiger partial charge in [0.05, 0.1) is 6.54 Å². The minimum Gasteiger partial charge on any atom is -0.253 e. The highest BCUT2D eigenvalue weighted by atomic mass is 79.9. The van der Waals surface area contributed by atoms with Gasteiger partial charge in [-0.05, 0) is 49.6 Å². The molecule has 2 nitrogen and oxygen atoms in total. The molecule has 0 saturated heterocycles. The minimum absolute atomic E-state index is 0.599. The molecule has 2 rings (SSSR count). The molecule has 84 valence electrons. The maximum Gasteiger partial charge on any atom is 0.129 e. The average molecular weight is 385 g/mol. The Hall–Kier alpha value is -0.0300. The van der Waals surface area contributed by atoms with Gasteiger partial charge in [0, 0.05) is 16.1 Å². The van der Waals surface area contributed by atoms with E-state index in [1.165, 1.54) is 0 Å². The molecule has 0 amide bonds. The van der Waals surface area contributed by atoms with E-state index in [4.69, 9.17) is 23.2 Å². The summed E-state index contributed by atoms with van der Waals surface area (Å²) in [7, 11) is 0. The highest BCUT2D eigenvalue weighted by Gasteiger charge is 2.07. The van der Waals surface area contributed by atoms with Crippen LogP contribution >= 0.6 is 55.1 Å². The molecule has 16 heavy (non-hydrogen) atoms. The van der Waals surface area contributed by atoms with Gasteiger partial charge in [-0.3, -0.25) is 4.68 Å². The van der Waals surface area contributed by atoms with Crippen molar-refractivity contribution < 1.29 is 0 Å². The Morgan fingerprint density at radius 1 is 1.19 bits per heavy atom. The molecule has 0 aliphatic rings. The third-order valence-electron chi connectivity index (χ3n) is 2.04. The zero-order chi connectivity index (χ0) is 11.7. The predicted octanol–water partition coefficient (Wildman–Crippen LogP) is 4.76. The zero-order valence-corrected chi connectivity index (χ0v) is 12.6. The van der Waals surface area contributed by atoms with Crippen LogP contribution in [0.3, 0.4) is 0 Å². The molecule has 0 aliphatic carbocycles. The fraction of sp³-hybridized carbons (Fsp3) is 0.100. The molecule has 1 heterocycles. The second kappa shape index (κ2) is 5.08. The van der Waals surface area contributed by atoms with Gasteiger partial charge in [-0.15, -0.1) is 0 Å². The first kappa shape index (κ1) is 12.4. The van der Waals surface area contributed by atoms with Gasteiger partial charge in [-0.25, -0.2) is 0 Å². The number of rotatable bonds is 2. The molecular weight excluding hydrogens is 379 g/mol. The van der Waals surface area contributed by atoms with Crippen LogP contribution in [0.2, 0.25) is 10.0 Å². The SMILES string of the molecule is Clc1ccc(Cn2nc(Br)cc2Br)c(Cl)c1. The topological polar surface area (TPSA) is 17.8 Å². The van der Waals surface area contributed by atoms with Gasteiger partial charge in [-0.1, -0.05) is 29.3 Å². The van der Waals surface area contributed by atoms with Crippen LogP contribution in [-0.2, 0) is 6.54 Å². The number of hydrogen-bond donors (Lipinski definition) is 0. The van der Waals surface area contributed by atoms with E-state index in [9.17, 15) is 0 Å². The van der Waals surface area contributed by atoms with Crippen LogP contribution < -0.4 is 0 Å². The number of halogens is 4. The van der Waals surface area contributed by atoms with Crippen molar-refractivity contribution in [2.75, 3.05) is 0 Å². The van der Waals surface area contributed by atoms with Crippen LogP contribution in [0.15, 0.2) is 33.5 Å². The van der Waals surface area contributed by atoms with Crippen LogP contribution in [0.5, 0.6) is 0 Å². The second-order valence-corrected chi connectivity index (χ2v) is 5.65. The van der Waals surface area contributed by atoms with Crippen LogP contribution in [-0.4, -0.2) is 9.78 Å². The molecular formula is C10H6Br2Cl2N2. The van der Waals surface area contributed by atoms with E-state index in [1.807, 2.05) is 18.2 Å². The molecule has 0 atom stereocenters. The molecule has 0 radical (unpaired) electrons. The summed E-state index contributed by atoms with van der Waals surface area (Å²) in [5.74, 6) is 0. The standard InChI is InChI=1S/C10H6Br2Cl2N2/c11-9-4-10(12)16(15-9)5-6-1-2-7(13)3-8(6)14/h1-4H,5H2. The molecule has 0 N–H and O–H groups in total. The molecule has 0 unspecified atom stereocenters. The monoisotopic (exact) mass is 382 g/mol. The Morgan fingerprint density at radius 2 is 1.94 bits per heavy atom. The summed E-state index contributed by atoms with van der Waals surface area (Å²) < 4.78 is 3.48. The highest BCUT2D eigenvalue weighted by Crippen LogP contribution is 2.24. The summed E-state index contributed by atoms with van der Waals surface area (Å²) >= 11 is 18.6. The highest BCUT2D eigenvalue weighted by molar-refractivity contribution is 9.11. The van der Waals surface area contributed by atoms with Crippen molar-refractivity contribution in [3.05, 3.63) is 49.1 Å². The van der Waals surface area contributed by atoms with Crippen LogP contribution in [0.4, 0.5) is 0 Å². The van der Waals surface area contributed by atoms with Gasteiger partial charge in [0.2, 0.25) is 0 Å². The largest absolute Gasteiger partial charge is 0.253 e. The molecule has 1 aromatic carbocycles. The maximum absolute atomic E-state index is 6.09. The Balaban J connectivity index is 2.30. The molecule has 0 bridgehead atoms. The second-order valence-electron chi connectivity index (χ2n) is 3.18. The molecule has 0 aliphatic heterocycles. The first-order valence-electron chi connectivity index (χ1n) is 4.39. The average Bonchev–Trinajstić information content (AvgIpc) is 2.50. The third kappa shape index (κ3) is 2.80. The molecule has 1 aromatic heterocycles. The summed E-state index contributed by atoms with van der Waals surface area (Å²) in [5, 5.41) is 5.54. The van der Waals surface area contributed by atoms with Gasteiger partial charge in [-0.2, -0.15) is 5.10 Å². The normalized spacial score (nSPS) is 10.8. The van der Waals surface area contributed by atoms with Crippen molar-refractivity contribution in [2.45, 2.75) is 6.54 Å². The predicted molar refractivity (Wildman–Crippen MR) is 73.2 cm³/mol. The van der Waals surface area contributed by atoms with E-state index >= 15 is 0 Å². The quantitative estimate of drug-likeness (QED) is 0.729. The van der Waals surface area contributed by atoms with Crippen molar-refractivity contribution >= 4 is 55.1 Å². The first-order chi connectivity index (χ1) is 7.56. The minimum atomic E-state index is 0.599. The Labute approximate surface area is 120 Å². The third-order valence-corrected chi connectivity index (χ3v) is 3.65. The van der Waals surface area contributed by atoms with Gasteiger partial charge >= 0.3 is 0 Å². The Kier molecular flexibility index (Phi) is 3.95. The summed E-state index contributed by atoms with van der Waals surface area (Å²) in [6, 6.07) is 7.32. The fourth-order valence-electron chi connectivity index (χ4n) is 1.29. The number of hydrogen-bond acceptors (Lipinski definition) is 1. The molecule has 0 saturated carbocycles. The number of nitrogens with zero attached hydrogens (tertiary/aromatic N) is 2. The number of aromatic nitrogens is 2. The van der Waals surface area contributed by atoms with Gasteiger partial charge in [0.25, 0.3) is 0 Å². The lowest BCUT2D eigenvalue weighted by Crippen LogP contribution is -2.02. The van der Waals surface area contributed by atoms with E-state index in [1.54, 1.807) is 10.7 Å². The van der Waals surface area contributed by atoms with Crippen molar-refractivity contribution in [3.63, 3.8) is 0 Å². The Morgan fingerprint density at radius 3 is 2.50 bits per heavy atom. The molecule has 2 aromatic rings. The van der Waals surface area contributed by atoms with Crippen LogP contribution in [0.25, 0.3) is 0 Å². The molecule has 0 fully saturated rings. The van der Waals surface area contributed by atoms with Crippen molar-refractivity contribution in [1.29, 1.82) is 0 Å². The fourth-order valence-corrected chi connectivity index (χ4v) is 2.89. The van der Waals surface area contributed by atoms with Crippen molar-refractivity contribution in [3.8, 4) is 0 Å². The maximum atomic E-state index is 6.09. The van der Waals surface area contributed by atoms with Crippen LogP contribution in [0.1, 0.15) is 5.56 Å².